The largest absolute Gasteiger partial charge is 0.454 e. The number of nitrogens with zero attached hydrogens (tertiary/aromatic N) is 1. The van der Waals surface area contributed by atoms with E-state index in [0.717, 1.165) is 50.8 Å². The Morgan fingerprint density at radius 1 is 0.353 bits per heavy atom. The smallest absolute Gasteiger partial charge is 0.156 e. The zero-order valence-electron chi connectivity index (χ0n) is 27.9. The normalized spacial score (nSPS) is 13.0. The Balaban J connectivity index is 1.31. The van der Waals surface area contributed by atoms with E-state index in [-0.39, 0.29) is 0 Å². The Morgan fingerprint density at radius 2 is 0.824 bits per heavy atom. The molecule has 0 saturated carbocycles. The fraction of sp³-hybridized carbons (Fsp3) is 0.0204. The predicted octanol–water partition coefficient (Wildman–Crippen LogP) is 13.0. The molecule has 0 saturated heterocycles. The Labute approximate surface area is 298 Å². The molecule has 0 unspecified atom stereocenters. The quantitative estimate of drug-likeness (QED) is 0.184. The van der Waals surface area contributed by atoms with Gasteiger partial charge in [-0.05, 0) is 87.0 Å². The molecular weight excluding hydrogens is 619 g/mol. The molecule has 0 aromatic heterocycles. The minimum atomic E-state index is -0.587. The van der Waals surface area contributed by atoms with Crippen LogP contribution in [0.4, 0.5) is 17.1 Å². The summed E-state index contributed by atoms with van der Waals surface area (Å²) < 4.78 is 7.19. The van der Waals surface area contributed by atoms with Crippen LogP contribution in [0.15, 0.2) is 200 Å². The van der Waals surface area contributed by atoms with E-state index in [9.17, 15) is 0 Å². The number of rotatable bonds is 5. The minimum Gasteiger partial charge on any atom is -0.454 e. The number of hydrogen-bond donors (Lipinski definition) is 0. The van der Waals surface area contributed by atoms with Crippen LogP contribution in [0, 0.1) is 0 Å². The van der Waals surface area contributed by atoms with Crippen molar-refractivity contribution in [2.75, 3.05) is 4.90 Å². The molecule has 0 fully saturated rings. The standard InChI is InChI=1S/C49H33NO/c1-4-16-34(17-5-1)36-28-30-39(31-29-36)50(38-20-8-3-9-21-38)46-33-37(35-18-6-2-7-19-35)32-45-48(46)51-47-27-15-14-26-44(47)49(45)42-24-12-10-22-40(42)41-23-11-13-25-43(41)49/h1-33H. The summed E-state index contributed by atoms with van der Waals surface area (Å²) in [7, 11) is 0. The molecular formula is C49H33NO. The van der Waals surface area contributed by atoms with Gasteiger partial charge in [0.25, 0.3) is 0 Å². The Kier molecular flexibility index (Phi) is 6.75. The molecule has 2 aliphatic rings. The SMILES string of the molecule is c1ccc(-c2ccc(N(c3ccccc3)c3cc(-c4ccccc4)cc4c3Oc3ccccc3C43c4ccccc4-c4ccccc43)cc2)cc1. The lowest BCUT2D eigenvalue weighted by Crippen LogP contribution is -2.33. The van der Waals surface area contributed by atoms with Gasteiger partial charge in [0.1, 0.15) is 5.75 Å². The summed E-state index contributed by atoms with van der Waals surface area (Å²) in [4.78, 5) is 2.36. The molecule has 0 amide bonds. The van der Waals surface area contributed by atoms with Gasteiger partial charge in [0.15, 0.2) is 5.75 Å². The van der Waals surface area contributed by atoms with Gasteiger partial charge in [0.05, 0.1) is 11.1 Å². The molecule has 2 nitrogen and oxygen atoms in total. The van der Waals surface area contributed by atoms with E-state index in [1.165, 1.54) is 33.4 Å². The van der Waals surface area contributed by atoms with E-state index < -0.39 is 5.41 Å². The number of hydrogen-bond acceptors (Lipinski definition) is 2. The first-order valence-corrected chi connectivity index (χ1v) is 17.5. The average molecular weight is 652 g/mol. The molecule has 1 spiro atoms. The number of benzene rings is 8. The van der Waals surface area contributed by atoms with E-state index in [1.807, 2.05) is 0 Å². The van der Waals surface area contributed by atoms with Gasteiger partial charge >= 0.3 is 0 Å². The highest BCUT2D eigenvalue weighted by molar-refractivity contribution is 5.93. The van der Waals surface area contributed by atoms with E-state index in [0.29, 0.717) is 0 Å². The third-order valence-electron chi connectivity index (χ3n) is 10.5. The van der Waals surface area contributed by atoms with E-state index in [1.54, 1.807) is 0 Å². The maximum Gasteiger partial charge on any atom is 0.156 e. The van der Waals surface area contributed by atoms with Crippen LogP contribution in [0.1, 0.15) is 22.3 Å². The number of para-hydroxylation sites is 2. The monoisotopic (exact) mass is 651 g/mol. The lowest BCUT2D eigenvalue weighted by molar-refractivity contribution is 0.437. The molecule has 1 aliphatic carbocycles. The molecule has 51 heavy (non-hydrogen) atoms. The second-order valence-electron chi connectivity index (χ2n) is 13.3. The van der Waals surface area contributed by atoms with Gasteiger partial charge in [-0.15, -0.1) is 0 Å². The molecule has 8 aromatic carbocycles. The Hall–Kier alpha value is -6.64. The zero-order valence-corrected chi connectivity index (χ0v) is 27.9. The second kappa shape index (κ2) is 11.8. The lowest BCUT2D eigenvalue weighted by Gasteiger charge is -2.41. The first-order valence-electron chi connectivity index (χ1n) is 17.5. The molecule has 240 valence electrons. The van der Waals surface area contributed by atoms with E-state index in [2.05, 4.69) is 205 Å². The van der Waals surface area contributed by atoms with Crippen molar-refractivity contribution < 1.29 is 4.74 Å². The summed E-state index contributed by atoms with van der Waals surface area (Å²) in [6.45, 7) is 0. The van der Waals surface area contributed by atoms with E-state index >= 15 is 0 Å². The van der Waals surface area contributed by atoms with Gasteiger partial charge in [-0.1, -0.05) is 158 Å². The summed E-state index contributed by atoms with van der Waals surface area (Å²) in [5, 5.41) is 0. The molecule has 10 rings (SSSR count). The predicted molar refractivity (Wildman–Crippen MR) is 209 cm³/mol. The van der Waals surface area contributed by atoms with Gasteiger partial charge in [0.2, 0.25) is 0 Å². The summed E-state index contributed by atoms with van der Waals surface area (Å²) in [5.74, 6) is 1.73. The molecule has 1 aliphatic heterocycles. The molecule has 8 aromatic rings. The van der Waals surface area contributed by atoms with Gasteiger partial charge in [-0.2, -0.15) is 0 Å². The highest BCUT2D eigenvalue weighted by atomic mass is 16.5. The summed E-state index contributed by atoms with van der Waals surface area (Å²) >= 11 is 0. The number of anilines is 3. The molecule has 0 radical (unpaired) electrons. The molecule has 2 heteroatoms. The fourth-order valence-corrected chi connectivity index (χ4v) is 8.34. The minimum absolute atomic E-state index is 0.587. The third-order valence-corrected chi connectivity index (χ3v) is 10.5. The van der Waals surface area contributed by atoms with Gasteiger partial charge in [-0.25, -0.2) is 0 Å². The van der Waals surface area contributed by atoms with Crippen molar-refractivity contribution in [3.8, 4) is 44.9 Å². The van der Waals surface area contributed by atoms with Crippen LogP contribution in [0.25, 0.3) is 33.4 Å². The van der Waals surface area contributed by atoms with Crippen LogP contribution >= 0.6 is 0 Å². The van der Waals surface area contributed by atoms with Crippen molar-refractivity contribution in [1.82, 2.24) is 0 Å². The topological polar surface area (TPSA) is 12.5 Å². The van der Waals surface area contributed by atoms with Crippen LogP contribution in [0.2, 0.25) is 0 Å². The van der Waals surface area contributed by atoms with Crippen molar-refractivity contribution in [3.05, 3.63) is 222 Å². The number of fused-ring (bicyclic) bond motifs is 9. The lowest BCUT2D eigenvalue weighted by atomic mass is 9.65. The number of ether oxygens (including phenoxy) is 1. The van der Waals surface area contributed by atoms with Crippen molar-refractivity contribution >= 4 is 17.1 Å². The maximum atomic E-state index is 7.19. The van der Waals surface area contributed by atoms with Crippen molar-refractivity contribution in [3.63, 3.8) is 0 Å². The van der Waals surface area contributed by atoms with Crippen LogP contribution in [0.5, 0.6) is 11.5 Å². The Bertz CT molecular complexity index is 2490. The fourth-order valence-electron chi connectivity index (χ4n) is 8.34. The van der Waals surface area contributed by atoms with Crippen molar-refractivity contribution in [2.45, 2.75) is 5.41 Å². The summed E-state index contributed by atoms with van der Waals surface area (Å²) in [6.07, 6.45) is 0. The molecule has 0 bridgehead atoms. The first-order chi connectivity index (χ1) is 25.3. The van der Waals surface area contributed by atoms with Crippen molar-refractivity contribution in [1.29, 1.82) is 0 Å². The second-order valence-corrected chi connectivity index (χ2v) is 13.3. The van der Waals surface area contributed by atoms with Crippen LogP contribution in [-0.2, 0) is 5.41 Å². The average Bonchev–Trinajstić information content (AvgIpc) is 3.50. The molecule has 0 N–H and O–H groups in total. The van der Waals surface area contributed by atoms with Crippen molar-refractivity contribution in [2.24, 2.45) is 0 Å². The van der Waals surface area contributed by atoms with Crippen LogP contribution in [0.3, 0.4) is 0 Å². The molecule has 1 heterocycles. The van der Waals surface area contributed by atoms with Gasteiger partial charge < -0.3 is 9.64 Å². The Morgan fingerprint density at radius 3 is 1.45 bits per heavy atom. The van der Waals surface area contributed by atoms with Gasteiger partial charge in [0, 0.05) is 22.5 Å². The highest BCUT2D eigenvalue weighted by Gasteiger charge is 2.52. The highest BCUT2D eigenvalue weighted by Crippen LogP contribution is 2.64. The van der Waals surface area contributed by atoms with Crippen LogP contribution < -0.4 is 9.64 Å². The summed E-state index contributed by atoms with van der Waals surface area (Å²) in [6, 6.07) is 71.9. The molecule has 0 atom stereocenters. The summed E-state index contributed by atoms with van der Waals surface area (Å²) in [5.41, 5.74) is 14.5. The third kappa shape index (κ3) is 4.50. The van der Waals surface area contributed by atoms with E-state index in [4.69, 9.17) is 4.74 Å². The van der Waals surface area contributed by atoms with Crippen LogP contribution in [-0.4, -0.2) is 0 Å². The maximum absolute atomic E-state index is 7.19. The first kappa shape index (κ1) is 29.3. The zero-order chi connectivity index (χ0) is 33.8. The van der Waals surface area contributed by atoms with Gasteiger partial charge in [-0.3, -0.25) is 0 Å².